The fourth-order valence-corrected chi connectivity index (χ4v) is 4.36. The molecular weight excluding hydrogens is 360 g/mol. The van der Waals surface area contributed by atoms with Gasteiger partial charge in [-0.3, -0.25) is 9.59 Å². The molecule has 0 bridgehead atoms. The van der Waals surface area contributed by atoms with Gasteiger partial charge in [-0.25, -0.2) is 4.90 Å². The molecule has 2 amide bonds. The Kier molecular flexibility index (Phi) is 5.03. The Hall–Kier alpha value is -2.88. The van der Waals surface area contributed by atoms with Crippen LogP contribution in [0.2, 0.25) is 0 Å². The van der Waals surface area contributed by atoms with E-state index in [-0.39, 0.29) is 11.8 Å². The molecule has 2 aliphatic rings. The molecule has 2 aliphatic heterocycles. The minimum absolute atomic E-state index is 0.197. The number of carbonyl (C=O) groups excluding carboxylic acids is 2. The predicted octanol–water partition coefficient (Wildman–Crippen LogP) is 4.69. The highest BCUT2D eigenvalue weighted by molar-refractivity contribution is 6.45. The summed E-state index contributed by atoms with van der Waals surface area (Å²) in [6, 6.07) is 11.9. The fourth-order valence-electron chi connectivity index (χ4n) is 4.36. The molecule has 1 fully saturated rings. The van der Waals surface area contributed by atoms with Crippen molar-refractivity contribution in [3.63, 3.8) is 0 Å². The highest BCUT2D eigenvalue weighted by Gasteiger charge is 2.43. The lowest BCUT2D eigenvalue weighted by Gasteiger charge is -2.29. The molecular formula is C25H28N2O2. The van der Waals surface area contributed by atoms with Crippen LogP contribution in [0.5, 0.6) is 0 Å². The number of nitrogens with zero attached hydrogens (tertiary/aromatic N) is 2. The van der Waals surface area contributed by atoms with Gasteiger partial charge in [-0.15, -0.1) is 0 Å². The third-order valence-electron chi connectivity index (χ3n) is 6.12. The van der Waals surface area contributed by atoms with Crippen molar-refractivity contribution < 1.29 is 9.59 Å². The number of amides is 2. The molecule has 1 saturated heterocycles. The lowest BCUT2D eigenvalue weighted by atomic mass is 9.98. The summed E-state index contributed by atoms with van der Waals surface area (Å²) in [7, 11) is 0. The first-order valence-corrected chi connectivity index (χ1v) is 10.4. The van der Waals surface area contributed by atoms with Gasteiger partial charge >= 0.3 is 0 Å². The molecule has 0 radical (unpaired) electrons. The number of hydrogen-bond donors (Lipinski definition) is 0. The summed E-state index contributed by atoms with van der Waals surface area (Å²) in [5.41, 5.74) is 6.97. The highest BCUT2D eigenvalue weighted by Crippen LogP contribution is 2.37. The van der Waals surface area contributed by atoms with Crippen molar-refractivity contribution >= 4 is 23.1 Å². The van der Waals surface area contributed by atoms with E-state index in [1.54, 1.807) is 0 Å². The second-order valence-electron chi connectivity index (χ2n) is 8.31. The Labute approximate surface area is 172 Å². The van der Waals surface area contributed by atoms with E-state index in [1.807, 2.05) is 57.2 Å². The number of anilines is 1. The van der Waals surface area contributed by atoms with Crippen LogP contribution in [0.3, 0.4) is 0 Å². The molecule has 4 heteroatoms. The van der Waals surface area contributed by atoms with E-state index in [0.29, 0.717) is 17.0 Å². The maximum absolute atomic E-state index is 13.6. The maximum atomic E-state index is 13.6. The summed E-state index contributed by atoms with van der Waals surface area (Å²) in [5, 5.41) is 0. The molecule has 150 valence electrons. The second kappa shape index (κ2) is 7.51. The van der Waals surface area contributed by atoms with Crippen LogP contribution in [0, 0.1) is 27.7 Å². The summed E-state index contributed by atoms with van der Waals surface area (Å²) in [6.07, 6.45) is 3.27. The quantitative estimate of drug-likeness (QED) is 0.716. The number of benzene rings is 2. The molecule has 29 heavy (non-hydrogen) atoms. The Morgan fingerprint density at radius 1 is 0.724 bits per heavy atom. The van der Waals surface area contributed by atoms with Gasteiger partial charge in [0, 0.05) is 13.1 Å². The molecule has 0 spiro atoms. The van der Waals surface area contributed by atoms with Crippen molar-refractivity contribution in [3.8, 4) is 0 Å². The molecule has 0 saturated carbocycles. The van der Waals surface area contributed by atoms with Crippen LogP contribution in [-0.4, -0.2) is 29.8 Å². The molecule has 2 aromatic rings. The van der Waals surface area contributed by atoms with Gasteiger partial charge in [0.1, 0.15) is 5.70 Å². The van der Waals surface area contributed by atoms with Crippen LogP contribution in [0.1, 0.15) is 47.1 Å². The summed E-state index contributed by atoms with van der Waals surface area (Å²) in [6.45, 7) is 9.72. The van der Waals surface area contributed by atoms with Crippen LogP contribution in [-0.2, 0) is 9.59 Å². The van der Waals surface area contributed by atoms with Crippen LogP contribution >= 0.6 is 0 Å². The molecule has 0 aromatic heterocycles. The Morgan fingerprint density at radius 2 is 1.45 bits per heavy atom. The van der Waals surface area contributed by atoms with Crippen molar-refractivity contribution in [1.82, 2.24) is 4.90 Å². The van der Waals surface area contributed by atoms with Gasteiger partial charge in [-0.2, -0.15) is 0 Å². The SMILES string of the molecule is Cc1ccc(N2C(=O)C(c3ccc(C)c(C)c3)=C(N3CCCCC3)C2=O)c(C)c1. The zero-order chi connectivity index (χ0) is 20.7. The van der Waals surface area contributed by atoms with E-state index in [0.717, 1.165) is 48.2 Å². The van der Waals surface area contributed by atoms with Crippen molar-refractivity contribution in [2.75, 3.05) is 18.0 Å². The van der Waals surface area contributed by atoms with E-state index in [1.165, 1.54) is 16.9 Å². The Balaban J connectivity index is 1.86. The van der Waals surface area contributed by atoms with E-state index in [9.17, 15) is 9.59 Å². The van der Waals surface area contributed by atoms with Crippen LogP contribution in [0.15, 0.2) is 42.1 Å². The summed E-state index contributed by atoms with van der Waals surface area (Å²) in [4.78, 5) is 30.7. The maximum Gasteiger partial charge on any atom is 0.282 e. The molecule has 4 nitrogen and oxygen atoms in total. The van der Waals surface area contributed by atoms with E-state index < -0.39 is 0 Å². The molecule has 0 atom stereocenters. The molecule has 0 unspecified atom stereocenters. The first-order chi connectivity index (χ1) is 13.9. The van der Waals surface area contributed by atoms with Gasteiger partial charge < -0.3 is 4.90 Å². The van der Waals surface area contributed by atoms with Gasteiger partial charge in [0.05, 0.1) is 11.3 Å². The Morgan fingerprint density at radius 3 is 2.10 bits per heavy atom. The van der Waals surface area contributed by atoms with Gasteiger partial charge in [0.15, 0.2) is 0 Å². The third kappa shape index (κ3) is 3.37. The number of piperidine rings is 1. The predicted molar refractivity (Wildman–Crippen MR) is 117 cm³/mol. The smallest absolute Gasteiger partial charge is 0.282 e. The van der Waals surface area contributed by atoms with Gasteiger partial charge in [0.25, 0.3) is 11.8 Å². The average molecular weight is 389 g/mol. The monoisotopic (exact) mass is 388 g/mol. The number of aryl methyl sites for hydroxylation is 4. The lowest BCUT2D eigenvalue weighted by molar-refractivity contribution is -0.120. The van der Waals surface area contributed by atoms with Crippen LogP contribution < -0.4 is 4.90 Å². The molecule has 2 heterocycles. The van der Waals surface area contributed by atoms with E-state index in [2.05, 4.69) is 11.8 Å². The number of carbonyl (C=O) groups is 2. The van der Waals surface area contributed by atoms with Crippen molar-refractivity contribution in [2.45, 2.75) is 47.0 Å². The van der Waals surface area contributed by atoms with Crippen molar-refractivity contribution in [2.24, 2.45) is 0 Å². The normalized spacial score (nSPS) is 17.5. The van der Waals surface area contributed by atoms with Gasteiger partial charge in [-0.05, 0) is 75.3 Å². The lowest BCUT2D eigenvalue weighted by Crippen LogP contribution is -2.37. The Bertz CT molecular complexity index is 1030. The van der Waals surface area contributed by atoms with Gasteiger partial charge in [0.2, 0.25) is 0 Å². The molecule has 0 aliphatic carbocycles. The topological polar surface area (TPSA) is 40.6 Å². The third-order valence-corrected chi connectivity index (χ3v) is 6.12. The van der Waals surface area contributed by atoms with Crippen molar-refractivity contribution in [1.29, 1.82) is 0 Å². The minimum Gasteiger partial charge on any atom is -0.366 e. The first-order valence-electron chi connectivity index (χ1n) is 10.4. The number of hydrogen-bond acceptors (Lipinski definition) is 3. The minimum atomic E-state index is -0.217. The average Bonchev–Trinajstić information content (AvgIpc) is 2.95. The zero-order valence-electron chi connectivity index (χ0n) is 17.7. The fraction of sp³-hybridized carbons (Fsp3) is 0.360. The number of imide groups is 1. The molecule has 2 aromatic carbocycles. The second-order valence-corrected chi connectivity index (χ2v) is 8.31. The highest BCUT2D eigenvalue weighted by atomic mass is 16.2. The molecule has 4 rings (SSSR count). The van der Waals surface area contributed by atoms with Crippen LogP contribution in [0.4, 0.5) is 5.69 Å². The summed E-state index contributed by atoms with van der Waals surface area (Å²) in [5.74, 6) is -0.414. The zero-order valence-corrected chi connectivity index (χ0v) is 17.7. The van der Waals surface area contributed by atoms with Crippen LogP contribution in [0.25, 0.3) is 5.57 Å². The largest absolute Gasteiger partial charge is 0.366 e. The number of rotatable bonds is 3. The number of likely N-dealkylation sites (tertiary alicyclic amines) is 1. The van der Waals surface area contributed by atoms with Gasteiger partial charge in [-0.1, -0.05) is 35.9 Å². The molecule has 0 N–H and O–H groups in total. The van der Waals surface area contributed by atoms with E-state index >= 15 is 0 Å². The summed E-state index contributed by atoms with van der Waals surface area (Å²) >= 11 is 0. The van der Waals surface area contributed by atoms with E-state index in [4.69, 9.17) is 0 Å². The summed E-state index contributed by atoms with van der Waals surface area (Å²) < 4.78 is 0. The van der Waals surface area contributed by atoms with Crippen molar-refractivity contribution in [3.05, 3.63) is 69.9 Å². The standard InChI is InChI=1S/C25H28N2O2/c1-16-8-11-21(19(4)14-16)27-24(28)22(20-10-9-17(2)18(3)15-20)23(25(27)29)26-12-6-5-7-13-26/h8-11,14-15H,5-7,12-13H2,1-4H3. The first kappa shape index (κ1) is 19.4.